The molecule has 2 atom stereocenters. The molecule has 2 aliphatic heterocycles. The number of thioether (sulfide) groups is 1. The molecule has 1 fully saturated rings. The van der Waals surface area contributed by atoms with E-state index in [1.165, 1.54) is 30.2 Å². The van der Waals surface area contributed by atoms with Crippen LogP contribution in [0.15, 0.2) is 28.8 Å². The Hall–Kier alpha value is -1.88. The van der Waals surface area contributed by atoms with E-state index >= 15 is 0 Å². The summed E-state index contributed by atoms with van der Waals surface area (Å²) < 4.78 is 5.32. The number of hydrogen-bond acceptors (Lipinski definition) is 7. The molecule has 0 saturated carbocycles. The molecule has 0 aliphatic carbocycles. The van der Waals surface area contributed by atoms with Crippen LogP contribution in [0.25, 0.3) is 0 Å². The van der Waals surface area contributed by atoms with Crippen LogP contribution in [0, 0.1) is 0 Å². The number of rotatable bonds is 6. The van der Waals surface area contributed by atoms with Gasteiger partial charge in [-0.2, -0.15) is 0 Å². The second-order valence-corrected chi connectivity index (χ2v) is 7.60. The van der Waals surface area contributed by atoms with E-state index in [9.17, 15) is 24.6 Å². The number of aliphatic hydroxyl groups excluding tert-OH is 1. The number of nitrogens with zero attached hydrogens (tertiary/aromatic N) is 1. The minimum Gasteiger partial charge on any atom is -0.477 e. The number of aliphatic carboxylic acids is 1. The third-order valence-corrected chi connectivity index (χ3v) is 6.32. The Morgan fingerprint density at radius 3 is 2.84 bits per heavy atom. The van der Waals surface area contributed by atoms with Gasteiger partial charge in [-0.15, -0.1) is 23.1 Å². The van der Waals surface area contributed by atoms with Crippen molar-refractivity contribution >= 4 is 40.9 Å². The standard InChI is InChI=1S/C15H16N2O6S2/c1-23-15(16-10(19)5-9-3-2-4-24-9)13(22)17-11(12(20)21)8(6-18)7-25-14(15)17/h2-4,14,18H,5-7H2,1H3,(H,16,19)(H,20,21)/t14-,15?/m1/s1. The van der Waals surface area contributed by atoms with Crippen molar-refractivity contribution in [2.75, 3.05) is 19.5 Å². The largest absolute Gasteiger partial charge is 0.477 e. The number of carbonyl (C=O) groups excluding carboxylic acids is 2. The number of methoxy groups -OCH3 is 1. The van der Waals surface area contributed by atoms with Crippen molar-refractivity contribution in [1.82, 2.24) is 10.2 Å². The Bertz CT molecular complexity index is 747. The van der Waals surface area contributed by atoms with Crippen molar-refractivity contribution in [3.05, 3.63) is 33.7 Å². The van der Waals surface area contributed by atoms with E-state index < -0.39 is 29.6 Å². The van der Waals surface area contributed by atoms with Crippen molar-refractivity contribution < 1.29 is 29.3 Å². The van der Waals surface area contributed by atoms with Gasteiger partial charge in [-0.1, -0.05) is 6.07 Å². The topological polar surface area (TPSA) is 116 Å². The molecule has 1 aromatic heterocycles. The number of thiophene rings is 1. The maximum atomic E-state index is 12.7. The van der Waals surface area contributed by atoms with Gasteiger partial charge in [0, 0.05) is 17.7 Å². The third-order valence-electron chi connectivity index (χ3n) is 4.07. The molecule has 1 saturated heterocycles. The van der Waals surface area contributed by atoms with E-state index in [1.807, 2.05) is 17.5 Å². The summed E-state index contributed by atoms with van der Waals surface area (Å²) in [5.74, 6) is -2.10. The van der Waals surface area contributed by atoms with Crippen LogP contribution < -0.4 is 5.32 Å². The zero-order valence-electron chi connectivity index (χ0n) is 13.2. The lowest BCUT2D eigenvalue weighted by molar-refractivity contribution is -0.192. The highest BCUT2D eigenvalue weighted by atomic mass is 32.2. The first-order valence-electron chi connectivity index (χ1n) is 7.34. The van der Waals surface area contributed by atoms with E-state index in [1.54, 1.807) is 0 Å². The van der Waals surface area contributed by atoms with E-state index in [-0.39, 0.29) is 29.4 Å². The zero-order chi connectivity index (χ0) is 18.2. The van der Waals surface area contributed by atoms with Gasteiger partial charge in [0.15, 0.2) is 0 Å². The number of carboxylic acids is 1. The lowest BCUT2D eigenvalue weighted by atomic mass is 9.98. The Morgan fingerprint density at radius 1 is 1.52 bits per heavy atom. The van der Waals surface area contributed by atoms with Gasteiger partial charge in [0.25, 0.3) is 11.6 Å². The number of hydrogen-bond donors (Lipinski definition) is 3. The normalized spacial score (nSPS) is 25.4. The summed E-state index contributed by atoms with van der Waals surface area (Å²) in [6.07, 6.45) is 0.108. The highest BCUT2D eigenvalue weighted by Crippen LogP contribution is 2.46. The highest BCUT2D eigenvalue weighted by Gasteiger charge is 2.66. The van der Waals surface area contributed by atoms with Crippen LogP contribution >= 0.6 is 23.1 Å². The van der Waals surface area contributed by atoms with Crippen molar-refractivity contribution in [3.8, 4) is 0 Å². The van der Waals surface area contributed by atoms with E-state index in [2.05, 4.69) is 5.32 Å². The van der Waals surface area contributed by atoms with Crippen LogP contribution in [0.1, 0.15) is 4.88 Å². The molecule has 10 heteroatoms. The van der Waals surface area contributed by atoms with E-state index in [4.69, 9.17) is 4.74 Å². The summed E-state index contributed by atoms with van der Waals surface area (Å²) in [6.45, 7) is -0.449. The zero-order valence-corrected chi connectivity index (χ0v) is 14.9. The van der Waals surface area contributed by atoms with Crippen molar-refractivity contribution in [2.45, 2.75) is 17.5 Å². The van der Waals surface area contributed by atoms with Gasteiger partial charge in [-0.25, -0.2) is 4.79 Å². The molecule has 0 radical (unpaired) electrons. The first-order valence-corrected chi connectivity index (χ1v) is 9.27. The Labute approximate surface area is 151 Å². The van der Waals surface area contributed by atoms with Gasteiger partial charge in [-0.3, -0.25) is 14.5 Å². The molecule has 134 valence electrons. The number of ether oxygens (including phenoxy) is 1. The van der Waals surface area contributed by atoms with Crippen LogP contribution in [0.2, 0.25) is 0 Å². The van der Waals surface area contributed by atoms with Gasteiger partial charge >= 0.3 is 5.97 Å². The minimum atomic E-state index is -1.60. The molecule has 25 heavy (non-hydrogen) atoms. The number of β-lactam (4-membered cyclic amide) rings is 1. The third kappa shape index (κ3) is 2.84. The molecular weight excluding hydrogens is 368 g/mol. The molecule has 2 aliphatic rings. The van der Waals surface area contributed by atoms with Gasteiger partial charge in [0.05, 0.1) is 13.0 Å². The molecule has 1 aromatic rings. The molecule has 0 aromatic carbocycles. The fourth-order valence-corrected chi connectivity index (χ4v) is 5.02. The smallest absolute Gasteiger partial charge is 0.352 e. The molecule has 3 heterocycles. The van der Waals surface area contributed by atoms with Crippen LogP contribution in [-0.4, -0.2) is 63.5 Å². The number of fused-ring (bicyclic) bond motifs is 1. The van der Waals surface area contributed by atoms with Crippen LogP contribution in [0.3, 0.4) is 0 Å². The summed E-state index contributed by atoms with van der Waals surface area (Å²) in [5.41, 5.74) is -1.58. The van der Waals surface area contributed by atoms with Crippen molar-refractivity contribution in [2.24, 2.45) is 0 Å². The molecule has 8 nitrogen and oxygen atoms in total. The maximum absolute atomic E-state index is 12.7. The fourth-order valence-electron chi connectivity index (χ4n) is 2.89. The summed E-state index contributed by atoms with van der Waals surface area (Å²) in [7, 11) is 1.30. The Kier molecular flexibility index (Phi) is 4.87. The highest BCUT2D eigenvalue weighted by molar-refractivity contribution is 8.00. The summed E-state index contributed by atoms with van der Waals surface area (Å²) in [4.78, 5) is 38.4. The van der Waals surface area contributed by atoms with Crippen molar-refractivity contribution in [3.63, 3.8) is 0 Å². The summed E-state index contributed by atoms with van der Waals surface area (Å²) in [6, 6.07) is 3.64. The predicted molar refractivity (Wildman–Crippen MR) is 90.7 cm³/mol. The lowest BCUT2D eigenvalue weighted by Crippen LogP contribution is -2.80. The Morgan fingerprint density at radius 2 is 2.28 bits per heavy atom. The van der Waals surface area contributed by atoms with Gasteiger partial charge in [0.2, 0.25) is 5.91 Å². The number of carboxylic acid groups (broad SMARTS) is 1. The first-order chi connectivity index (χ1) is 11.9. The molecule has 1 unspecified atom stereocenters. The van der Waals surface area contributed by atoms with E-state index in [0.717, 1.165) is 9.78 Å². The first kappa shape index (κ1) is 17.9. The fraction of sp³-hybridized carbons (Fsp3) is 0.400. The van der Waals surface area contributed by atoms with Crippen LogP contribution in [-0.2, 0) is 25.5 Å². The predicted octanol–water partition coefficient (Wildman–Crippen LogP) is -0.00440. The van der Waals surface area contributed by atoms with Crippen LogP contribution in [0.5, 0.6) is 0 Å². The quantitative estimate of drug-likeness (QED) is 0.467. The average molecular weight is 384 g/mol. The van der Waals surface area contributed by atoms with Gasteiger partial charge in [0.1, 0.15) is 11.1 Å². The number of nitrogens with one attached hydrogen (secondary N) is 1. The monoisotopic (exact) mass is 384 g/mol. The van der Waals surface area contributed by atoms with Gasteiger partial charge in [-0.05, 0) is 17.0 Å². The maximum Gasteiger partial charge on any atom is 0.352 e. The van der Waals surface area contributed by atoms with Crippen molar-refractivity contribution in [1.29, 1.82) is 0 Å². The molecule has 0 bridgehead atoms. The van der Waals surface area contributed by atoms with Crippen LogP contribution in [0.4, 0.5) is 0 Å². The molecular formula is C15H16N2O6S2. The second kappa shape index (κ2) is 6.79. The number of aliphatic hydroxyl groups is 1. The number of carbonyl (C=O) groups is 3. The summed E-state index contributed by atoms with van der Waals surface area (Å²) in [5, 5.41) is 22.5. The second-order valence-electron chi connectivity index (χ2n) is 5.50. The number of amides is 2. The molecule has 3 rings (SSSR count). The Balaban J connectivity index is 1.82. The lowest BCUT2D eigenvalue weighted by Gasteiger charge is -2.55. The molecule has 2 amide bonds. The molecule has 0 spiro atoms. The minimum absolute atomic E-state index is 0.108. The summed E-state index contributed by atoms with van der Waals surface area (Å²) >= 11 is 2.67. The van der Waals surface area contributed by atoms with E-state index in [0.29, 0.717) is 0 Å². The molecule has 3 N–H and O–H groups in total. The van der Waals surface area contributed by atoms with Gasteiger partial charge < -0.3 is 20.3 Å². The SMILES string of the molecule is COC1(NC(=O)Cc2cccs2)C(=O)N2C(C(=O)O)=C(CO)CS[C@@H]21. The average Bonchev–Trinajstić information content (AvgIpc) is 3.10.